The molecule has 0 atom stereocenters. The smallest absolute Gasteiger partial charge is 0.148 e. The summed E-state index contributed by atoms with van der Waals surface area (Å²) in [5, 5.41) is 13.0. The molecule has 24 heavy (non-hydrogen) atoms. The van der Waals surface area contributed by atoms with Crippen LogP contribution in [0.5, 0.6) is 5.75 Å². The first-order chi connectivity index (χ1) is 11.8. The van der Waals surface area contributed by atoms with Crippen LogP contribution in [0.25, 0.3) is 38.5 Å². The summed E-state index contributed by atoms with van der Waals surface area (Å²) >= 11 is 0. The molecule has 0 spiro atoms. The Morgan fingerprint density at radius 2 is 1.38 bits per heavy atom. The average molecular weight is 311 g/mol. The van der Waals surface area contributed by atoms with Gasteiger partial charge in [0, 0.05) is 22.2 Å². The van der Waals surface area contributed by atoms with Gasteiger partial charge in [0.1, 0.15) is 17.9 Å². The molecule has 0 amide bonds. The van der Waals surface area contributed by atoms with Crippen LogP contribution in [-0.2, 0) is 0 Å². The van der Waals surface area contributed by atoms with Crippen molar-refractivity contribution < 1.29 is 5.11 Å². The van der Waals surface area contributed by atoms with Crippen molar-refractivity contribution in [3.8, 4) is 11.6 Å². The van der Waals surface area contributed by atoms with Gasteiger partial charge in [-0.3, -0.25) is 4.57 Å². The highest BCUT2D eigenvalue weighted by molar-refractivity contribution is 6.10. The zero-order valence-electron chi connectivity index (χ0n) is 12.7. The summed E-state index contributed by atoms with van der Waals surface area (Å²) in [6.45, 7) is 0. The molecule has 3 aromatic carbocycles. The Balaban J connectivity index is 1.99. The van der Waals surface area contributed by atoms with Crippen LogP contribution in [0.4, 0.5) is 0 Å². The first kappa shape index (κ1) is 13.1. The van der Waals surface area contributed by atoms with E-state index in [0.717, 1.165) is 27.8 Å². The Bertz CT molecular complexity index is 1170. The number of benzene rings is 3. The zero-order valence-corrected chi connectivity index (χ0v) is 12.7. The molecule has 0 aliphatic carbocycles. The molecule has 2 heterocycles. The second-order valence-electron chi connectivity index (χ2n) is 5.77. The number of rotatable bonds is 1. The molecule has 0 fully saturated rings. The SMILES string of the molecule is Oc1ccc2c(-n3c4ccccc4c4ccccc43)ncnc2c1. The van der Waals surface area contributed by atoms with Gasteiger partial charge in [0.15, 0.2) is 0 Å². The monoisotopic (exact) mass is 311 g/mol. The third-order valence-electron chi connectivity index (χ3n) is 4.39. The fourth-order valence-corrected chi connectivity index (χ4v) is 3.36. The van der Waals surface area contributed by atoms with E-state index in [1.165, 1.54) is 10.8 Å². The number of phenols is 1. The van der Waals surface area contributed by atoms with E-state index in [1.807, 2.05) is 18.2 Å². The van der Waals surface area contributed by atoms with Gasteiger partial charge in [-0.2, -0.15) is 0 Å². The van der Waals surface area contributed by atoms with Crippen LogP contribution >= 0.6 is 0 Å². The number of phenolic OH excluding ortho intramolecular Hbond substituents is 1. The van der Waals surface area contributed by atoms with Crippen molar-refractivity contribution in [3.05, 3.63) is 73.1 Å². The van der Waals surface area contributed by atoms with Crippen LogP contribution in [0.3, 0.4) is 0 Å². The zero-order chi connectivity index (χ0) is 16.1. The molecule has 0 unspecified atom stereocenters. The second kappa shape index (κ2) is 4.80. The van der Waals surface area contributed by atoms with Gasteiger partial charge in [-0.05, 0) is 24.3 Å². The van der Waals surface area contributed by atoms with Crippen molar-refractivity contribution in [2.45, 2.75) is 0 Å². The normalized spacial score (nSPS) is 11.5. The molecule has 4 heteroatoms. The molecule has 0 aliphatic rings. The lowest BCUT2D eigenvalue weighted by Crippen LogP contribution is -1.99. The first-order valence-electron chi connectivity index (χ1n) is 7.75. The lowest BCUT2D eigenvalue weighted by Gasteiger charge is -2.09. The largest absolute Gasteiger partial charge is 0.508 e. The maximum Gasteiger partial charge on any atom is 0.148 e. The molecule has 114 valence electrons. The summed E-state index contributed by atoms with van der Waals surface area (Å²) in [5.74, 6) is 1.02. The highest BCUT2D eigenvalue weighted by Crippen LogP contribution is 2.33. The molecular weight excluding hydrogens is 298 g/mol. The van der Waals surface area contributed by atoms with Gasteiger partial charge < -0.3 is 5.11 Å². The third-order valence-corrected chi connectivity index (χ3v) is 4.39. The minimum atomic E-state index is 0.203. The van der Waals surface area contributed by atoms with Crippen molar-refractivity contribution >= 4 is 32.7 Å². The molecule has 0 aliphatic heterocycles. The fraction of sp³-hybridized carbons (Fsp3) is 0. The number of hydrogen-bond donors (Lipinski definition) is 1. The van der Waals surface area contributed by atoms with Gasteiger partial charge in [0.05, 0.1) is 16.6 Å². The molecule has 5 rings (SSSR count). The second-order valence-corrected chi connectivity index (χ2v) is 5.77. The van der Waals surface area contributed by atoms with Gasteiger partial charge in [0.25, 0.3) is 0 Å². The number of nitrogens with zero attached hydrogens (tertiary/aromatic N) is 3. The quantitative estimate of drug-likeness (QED) is 0.498. The maximum atomic E-state index is 9.73. The summed E-state index contributed by atoms with van der Waals surface area (Å²) in [6.07, 6.45) is 1.54. The number of aromatic hydroxyl groups is 1. The van der Waals surface area contributed by atoms with Crippen LogP contribution in [0, 0.1) is 0 Å². The topological polar surface area (TPSA) is 50.9 Å². The van der Waals surface area contributed by atoms with E-state index in [9.17, 15) is 5.11 Å². The molecule has 2 aromatic heterocycles. The first-order valence-corrected chi connectivity index (χ1v) is 7.75. The highest BCUT2D eigenvalue weighted by atomic mass is 16.3. The summed E-state index contributed by atoms with van der Waals surface area (Å²) in [7, 11) is 0. The van der Waals surface area contributed by atoms with Crippen LogP contribution < -0.4 is 0 Å². The van der Waals surface area contributed by atoms with Gasteiger partial charge >= 0.3 is 0 Å². The lowest BCUT2D eigenvalue weighted by molar-refractivity contribution is 0.476. The van der Waals surface area contributed by atoms with Gasteiger partial charge in [-0.1, -0.05) is 36.4 Å². The molecule has 4 nitrogen and oxygen atoms in total. The van der Waals surface area contributed by atoms with E-state index in [0.29, 0.717) is 0 Å². The molecular formula is C20H13N3O. The van der Waals surface area contributed by atoms with Crippen LogP contribution in [0.15, 0.2) is 73.1 Å². The van der Waals surface area contributed by atoms with Crippen LogP contribution in [0.1, 0.15) is 0 Å². The number of hydrogen-bond acceptors (Lipinski definition) is 3. The predicted octanol–water partition coefficient (Wildman–Crippen LogP) is 4.43. The molecule has 0 saturated heterocycles. The van der Waals surface area contributed by atoms with Gasteiger partial charge in [-0.25, -0.2) is 9.97 Å². The van der Waals surface area contributed by atoms with E-state index in [-0.39, 0.29) is 5.75 Å². The van der Waals surface area contributed by atoms with E-state index in [2.05, 4.69) is 50.9 Å². The van der Waals surface area contributed by atoms with Gasteiger partial charge in [0.2, 0.25) is 0 Å². The standard InChI is InChI=1S/C20H13N3O/c24-13-9-10-16-17(11-13)21-12-22-20(16)23-18-7-3-1-5-14(18)15-6-2-4-8-19(15)23/h1-12,24H. The Kier molecular flexibility index (Phi) is 2.61. The Hall–Kier alpha value is -3.40. The fourth-order valence-electron chi connectivity index (χ4n) is 3.36. The van der Waals surface area contributed by atoms with E-state index in [4.69, 9.17) is 0 Å². The molecule has 1 N–H and O–H groups in total. The van der Waals surface area contributed by atoms with E-state index < -0.39 is 0 Å². The lowest BCUT2D eigenvalue weighted by atomic mass is 10.2. The Morgan fingerprint density at radius 3 is 2.08 bits per heavy atom. The third kappa shape index (κ3) is 1.74. The molecule has 0 saturated carbocycles. The predicted molar refractivity (Wildman–Crippen MR) is 95.5 cm³/mol. The summed E-state index contributed by atoms with van der Waals surface area (Å²) in [6, 6.07) is 21.8. The van der Waals surface area contributed by atoms with Crippen molar-refractivity contribution in [1.29, 1.82) is 0 Å². The maximum absolute atomic E-state index is 9.73. The van der Waals surface area contributed by atoms with Crippen LogP contribution in [0.2, 0.25) is 0 Å². The minimum absolute atomic E-state index is 0.203. The molecule has 5 aromatic rings. The number of aromatic nitrogens is 3. The van der Waals surface area contributed by atoms with Gasteiger partial charge in [-0.15, -0.1) is 0 Å². The van der Waals surface area contributed by atoms with E-state index in [1.54, 1.807) is 18.5 Å². The summed E-state index contributed by atoms with van der Waals surface area (Å²) in [5.41, 5.74) is 2.93. The Morgan fingerprint density at radius 1 is 0.708 bits per heavy atom. The van der Waals surface area contributed by atoms with Crippen molar-refractivity contribution in [1.82, 2.24) is 14.5 Å². The van der Waals surface area contributed by atoms with Crippen molar-refractivity contribution in [2.75, 3.05) is 0 Å². The van der Waals surface area contributed by atoms with Crippen molar-refractivity contribution in [2.24, 2.45) is 0 Å². The molecule has 0 radical (unpaired) electrons. The van der Waals surface area contributed by atoms with E-state index >= 15 is 0 Å². The molecule has 0 bridgehead atoms. The summed E-state index contributed by atoms with van der Waals surface area (Å²) < 4.78 is 2.16. The summed E-state index contributed by atoms with van der Waals surface area (Å²) in [4.78, 5) is 8.84. The Labute approximate surface area is 137 Å². The minimum Gasteiger partial charge on any atom is -0.508 e. The van der Waals surface area contributed by atoms with Crippen molar-refractivity contribution in [3.63, 3.8) is 0 Å². The highest BCUT2D eigenvalue weighted by Gasteiger charge is 2.14. The number of fused-ring (bicyclic) bond motifs is 4. The van der Waals surface area contributed by atoms with Crippen LogP contribution in [-0.4, -0.2) is 19.6 Å². The number of para-hydroxylation sites is 2. The average Bonchev–Trinajstić information content (AvgIpc) is 2.95.